The van der Waals surface area contributed by atoms with Crippen molar-refractivity contribution in [1.82, 2.24) is 15.0 Å². The molecule has 0 atom stereocenters. The van der Waals surface area contributed by atoms with Crippen molar-refractivity contribution in [2.75, 3.05) is 0 Å². The van der Waals surface area contributed by atoms with Crippen molar-refractivity contribution in [1.29, 1.82) is 0 Å². The molecule has 0 bridgehead atoms. The summed E-state index contributed by atoms with van der Waals surface area (Å²) in [5, 5.41) is 3.81. The van der Waals surface area contributed by atoms with Gasteiger partial charge in [-0.15, -0.1) is 11.3 Å². The molecule has 1 aromatic carbocycles. The highest BCUT2D eigenvalue weighted by molar-refractivity contribution is 7.25. The maximum atomic E-state index is 4.89. The van der Waals surface area contributed by atoms with Crippen LogP contribution in [-0.2, 0) is 0 Å². The zero-order valence-corrected chi connectivity index (χ0v) is 20.3. The number of nitrogens with zero attached hydrogens (tertiary/aromatic N) is 3. The van der Waals surface area contributed by atoms with Crippen LogP contribution in [0.1, 0.15) is 11.4 Å². The van der Waals surface area contributed by atoms with E-state index in [1.807, 2.05) is 6.20 Å². The largest absolute Gasteiger partial charge is 0.257 e. The number of pyridine rings is 3. The average Bonchev–Trinajstić information content (AvgIpc) is 3.11. The van der Waals surface area contributed by atoms with Crippen LogP contribution in [0, 0.1) is 13.8 Å². The molecular weight excluding hydrogens is 414 g/mol. The average molecular weight is 440 g/mol. The quantitative estimate of drug-likeness (QED) is 0.292. The normalized spacial score (nSPS) is 12.0. The Bertz CT molecular complexity index is 1430. The fraction of sp³-hybridized carbons (Fsp3) is 0.192. The zero-order valence-electron chi connectivity index (χ0n) is 18.5. The van der Waals surface area contributed by atoms with Crippen molar-refractivity contribution in [2.24, 2.45) is 0 Å². The highest BCUT2D eigenvalue weighted by Gasteiger charge is 2.22. The summed E-state index contributed by atoms with van der Waals surface area (Å²) in [5.74, 6) is 0. The third-order valence-corrected chi connectivity index (χ3v) is 8.96. The fourth-order valence-electron chi connectivity index (χ4n) is 4.18. The summed E-state index contributed by atoms with van der Waals surface area (Å²) in [7, 11) is -1.55. The first-order valence-corrected chi connectivity index (χ1v) is 14.9. The van der Waals surface area contributed by atoms with Crippen LogP contribution in [0.5, 0.6) is 0 Å². The SMILES string of the molecule is Cc1cc2c(sc3ncc(-c4cc(-c5ccccc5)c([Si](C)(C)C)cn4)cc32)c(C)n1. The summed E-state index contributed by atoms with van der Waals surface area (Å²) in [5.41, 5.74) is 6.67. The minimum atomic E-state index is -1.55. The Balaban J connectivity index is 1.72. The molecule has 5 heteroatoms. The van der Waals surface area contributed by atoms with E-state index in [0.717, 1.165) is 27.5 Å². The Morgan fingerprint density at radius 2 is 1.58 bits per heavy atom. The molecule has 0 aliphatic rings. The minimum Gasteiger partial charge on any atom is -0.257 e. The molecule has 0 aliphatic heterocycles. The number of rotatable bonds is 3. The van der Waals surface area contributed by atoms with E-state index in [0.29, 0.717) is 0 Å². The highest BCUT2D eigenvalue weighted by Crippen LogP contribution is 2.36. The van der Waals surface area contributed by atoms with Crippen LogP contribution in [0.2, 0.25) is 19.6 Å². The van der Waals surface area contributed by atoms with Crippen LogP contribution in [0.25, 0.3) is 42.7 Å². The molecule has 0 unspecified atom stereocenters. The third kappa shape index (κ3) is 3.58. The second-order valence-corrected chi connectivity index (χ2v) is 15.2. The monoisotopic (exact) mass is 439 g/mol. The zero-order chi connectivity index (χ0) is 21.8. The molecule has 154 valence electrons. The number of fused-ring (bicyclic) bond motifs is 3. The molecule has 0 N–H and O–H groups in total. The minimum absolute atomic E-state index is 0.970. The van der Waals surface area contributed by atoms with E-state index in [2.05, 4.69) is 93.2 Å². The molecule has 0 saturated carbocycles. The van der Waals surface area contributed by atoms with Crippen LogP contribution in [0.3, 0.4) is 0 Å². The summed E-state index contributed by atoms with van der Waals surface area (Å²) in [6.07, 6.45) is 4.05. The van der Waals surface area contributed by atoms with Crippen LogP contribution < -0.4 is 5.19 Å². The van der Waals surface area contributed by atoms with Gasteiger partial charge in [0.15, 0.2) is 0 Å². The first-order chi connectivity index (χ1) is 14.8. The topological polar surface area (TPSA) is 38.7 Å². The lowest BCUT2D eigenvalue weighted by Crippen LogP contribution is -2.39. The molecule has 0 saturated heterocycles. The second kappa shape index (κ2) is 7.36. The Labute approximate surface area is 187 Å². The standard InChI is InChI=1S/C26H25N3SSi/c1-16-11-21-22-12-19(14-28-26(22)30-25(21)17(2)29-16)23-13-20(18-9-7-6-8-10-18)24(15-27-23)31(3,4)5/h6-15H,1-5H3. The van der Waals surface area contributed by atoms with E-state index in [1.54, 1.807) is 11.3 Å². The van der Waals surface area contributed by atoms with Crippen molar-refractivity contribution in [2.45, 2.75) is 33.5 Å². The van der Waals surface area contributed by atoms with Gasteiger partial charge in [-0.1, -0.05) is 50.0 Å². The van der Waals surface area contributed by atoms with Gasteiger partial charge in [0, 0.05) is 34.4 Å². The van der Waals surface area contributed by atoms with Gasteiger partial charge < -0.3 is 0 Å². The molecule has 5 rings (SSSR count). The number of aryl methyl sites for hydroxylation is 2. The van der Waals surface area contributed by atoms with Gasteiger partial charge in [0.2, 0.25) is 0 Å². The Kier molecular flexibility index (Phi) is 4.76. The Morgan fingerprint density at radius 1 is 0.806 bits per heavy atom. The predicted molar refractivity (Wildman–Crippen MR) is 136 cm³/mol. The van der Waals surface area contributed by atoms with Gasteiger partial charge in [-0.05, 0) is 48.4 Å². The van der Waals surface area contributed by atoms with Crippen molar-refractivity contribution in [3.05, 3.63) is 72.3 Å². The van der Waals surface area contributed by atoms with E-state index in [-0.39, 0.29) is 0 Å². The molecule has 3 nitrogen and oxygen atoms in total. The molecule has 0 amide bonds. The van der Waals surface area contributed by atoms with E-state index >= 15 is 0 Å². The molecule has 0 fully saturated rings. The van der Waals surface area contributed by atoms with Crippen molar-refractivity contribution < 1.29 is 0 Å². The number of benzene rings is 1. The fourth-order valence-corrected chi connectivity index (χ4v) is 6.70. The molecule has 5 aromatic rings. The van der Waals surface area contributed by atoms with Gasteiger partial charge in [-0.3, -0.25) is 9.97 Å². The molecule has 0 radical (unpaired) electrons. The summed E-state index contributed by atoms with van der Waals surface area (Å²) >= 11 is 1.72. The van der Waals surface area contributed by atoms with E-state index in [9.17, 15) is 0 Å². The number of thiophene rings is 1. The smallest absolute Gasteiger partial charge is 0.124 e. The Morgan fingerprint density at radius 3 is 2.32 bits per heavy atom. The van der Waals surface area contributed by atoms with E-state index in [4.69, 9.17) is 9.97 Å². The summed E-state index contributed by atoms with van der Waals surface area (Å²) < 4.78 is 1.22. The molecular formula is C26H25N3SSi. The van der Waals surface area contributed by atoms with Crippen molar-refractivity contribution in [3.63, 3.8) is 0 Å². The maximum absolute atomic E-state index is 4.89. The summed E-state index contributed by atoms with van der Waals surface area (Å²) in [6.45, 7) is 11.3. The van der Waals surface area contributed by atoms with Crippen LogP contribution >= 0.6 is 11.3 Å². The van der Waals surface area contributed by atoms with Crippen molar-refractivity contribution in [3.8, 4) is 22.4 Å². The van der Waals surface area contributed by atoms with Crippen molar-refractivity contribution >= 4 is 44.9 Å². The van der Waals surface area contributed by atoms with E-state index in [1.165, 1.54) is 31.8 Å². The lowest BCUT2D eigenvalue weighted by molar-refractivity contribution is 1.16. The first-order valence-electron chi connectivity index (χ1n) is 10.5. The number of hydrogen-bond acceptors (Lipinski definition) is 4. The summed E-state index contributed by atoms with van der Waals surface area (Å²) in [6, 6.07) is 17.3. The van der Waals surface area contributed by atoms with E-state index < -0.39 is 8.07 Å². The molecule has 31 heavy (non-hydrogen) atoms. The molecule has 4 aromatic heterocycles. The van der Waals surface area contributed by atoms with Crippen LogP contribution in [-0.4, -0.2) is 23.0 Å². The van der Waals surface area contributed by atoms with Gasteiger partial charge in [-0.2, -0.15) is 0 Å². The number of hydrogen-bond donors (Lipinski definition) is 0. The molecule has 0 spiro atoms. The number of aromatic nitrogens is 3. The second-order valence-electron chi connectivity index (χ2n) is 9.14. The lowest BCUT2D eigenvalue weighted by Gasteiger charge is -2.21. The summed E-state index contributed by atoms with van der Waals surface area (Å²) in [4.78, 5) is 15.4. The third-order valence-electron chi connectivity index (χ3n) is 5.70. The van der Waals surface area contributed by atoms with Gasteiger partial charge in [0.1, 0.15) is 4.83 Å². The first kappa shape index (κ1) is 20.0. The Hall–Kier alpha value is -2.89. The van der Waals surface area contributed by atoms with Gasteiger partial charge in [0.05, 0.1) is 24.2 Å². The van der Waals surface area contributed by atoms with Gasteiger partial charge in [-0.25, -0.2) is 4.98 Å². The van der Waals surface area contributed by atoms with Crippen LogP contribution in [0.15, 0.2) is 60.9 Å². The molecule has 0 aliphatic carbocycles. The highest BCUT2D eigenvalue weighted by atomic mass is 32.1. The maximum Gasteiger partial charge on any atom is 0.124 e. The van der Waals surface area contributed by atoms with Gasteiger partial charge >= 0.3 is 0 Å². The predicted octanol–water partition coefficient (Wildman–Crippen LogP) is 6.74. The molecule has 4 heterocycles. The lowest BCUT2D eigenvalue weighted by atomic mass is 10.0. The van der Waals surface area contributed by atoms with Gasteiger partial charge in [0.25, 0.3) is 0 Å². The van der Waals surface area contributed by atoms with Crippen LogP contribution in [0.4, 0.5) is 0 Å².